The standard InChI is InChI=1S/C17H22N4O3/c1-13-18-16(19-24-13)11-20-6-8-21(9-7-20)17(22)15-5-3-4-14(10-15)12-23-2/h3-5,10H,6-9,11-12H2,1-2H3. The molecule has 3 rings (SSSR count). The molecule has 0 unspecified atom stereocenters. The van der Waals surface area contributed by atoms with Gasteiger partial charge >= 0.3 is 0 Å². The average Bonchev–Trinajstić information content (AvgIpc) is 3.00. The summed E-state index contributed by atoms with van der Waals surface area (Å²) in [7, 11) is 1.65. The maximum absolute atomic E-state index is 12.7. The zero-order valence-corrected chi connectivity index (χ0v) is 14.1. The van der Waals surface area contributed by atoms with Crippen molar-refractivity contribution in [3.8, 4) is 0 Å². The van der Waals surface area contributed by atoms with Crippen LogP contribution in [-0.2, 0) is 17.9 Å². The lowest BCUT2D eigenvalue weighted by atomic mass is 10.1. The molecule has 0 N–H and O–H groups in total. The number of aromatic nitrogens is 2. The van der Waals surface area contributed by atoms with Crippen LogP contribution in [0.5, 0.6) is 0 Å². The Kier molecular flexibility index (Phi) is 5.22. The van der Waals surface area contributed by atoms with Gasteiger partial charge in [-0.2, -0.15) is 4.98 Å². The highest BCUT2D eigenvalue weighted by Gasteiger charge is 2.23. The lowest BCUT2D eigenvalue weighted by Gasteiger charge is -2.34. The Balaban J connectivity index is 1.56. The van der Waals surface area contributed by atoms with Crippen LogP contribution in [0, 0.1) is 6.92 Å². The highest BCUT2D eigenvalue weighted by atomic mass is 16.5. The molecule has 2 aromatic rings. The van der Waals surface area contributed by atoms with Crippen LogP contribution in [-0.4, -0.2) is 59.1 Å². The van der Waals surface area contributed by atoms with Crippen LogP contribution in [0.1, 0.15) is 27.6 Å². The molecule has 1 aliphatic heterocycles. The Bertz CT molecular complexity index is 693. The van der Waals surface area contributed by atoms with Crippen LogP contribution in [0.4, 0.5) is 0 Å². The smallest absolute Gasteiger partial charge is 0.253 e. The second kappa shape index (κ2) is 7.55. The summed E-state index contributed by atoms with van der Waals surface area (Å²) in [4.78, 5) is 21.0. The third-order valence-electron chi connectivity index (χ3n) is 4.08. The number of carbonyl (C=O) groups excluding carboxylic acids is 1. The number of benzene rings is 1. The van der Waals surface area contributed by atoms with Crippen LogP contribution in [0.15, 0.2) is 28.8 Å². The molecule has 1 aromatic carbocycles. The summed E-state index contributed by atoms with van der Waals surface area (Å²) in [6.07, 6.45) is 0. The number of nitrogens with zero attached hydrogens (tertiary/aromatic N) is 4. The van der Waals surface area contributed by atoms with Crippen LogP contribution in [0.2, 0.25) is 0 Å². The molecule has 1 amide bonds. The van der Waals surface area contributed by atoms with Gasteiger partial charge in [0.05, 0.1) is 13.2 Å². The van der Waals surface area contributed by atoms with Gasteiger partial charge in [-0.3, -0.25) is 9.69 Å². The van der Waals surface area contributed by atoms with E-state index in [-0.39, 0.29) is 5.91 Å². The predicted octanol–water partition coefficient (Wildman–Crippen LogP) is 1.48. The van der Waals surface area contributed by atoms with E-state index in [0.717, 1.165) is 18.7 Å². The molecule has 1 aromatic heterocycles. The van der Waals surface area contributed by atoms with E-state index in [4.69, 9.17) is 9.26 Å². The van der Waals surface area contributed by atoms with Crippen LogP contribution in [0.3, 0.4) is 0 Å². The van der Waals surface area contributed by atoms with Crippen molar-refractivity contribution in [1.29, 1.82) is 0 Å². The minimum atomic E-state index is 0.0722. The maximum atomic E-state index is 12.7. The summed E-state index contributed by atoms with van der Waals surface area (Å²) in [6.45, 7) is 5.95. The predicted molar refractivity (Wildman–Crippen MR) is 87.4 cm³/mol. The molecule has 0 radical (unpaired) electrons. The SMILES string of the molecule is COCc1cccc(C(=O)N2CCN(Cc3noc(C)n3)CC2)c1. The number of hydrogen-bond donors (Lipinski definition) is 0. The summed E-state index contributed by atoms with van der Waals surface area (Å²) in [6, 6.07) is 7.62. The summed E-state index contributed by atoms with van der Waals surface area (Å²) < 4.78 is 10.1. The number of methoxy groups -OCH3 is 1. The quantitative estimate of drug-likeness (QED) is 0.827. The number of rotatable bonds is 5. The first-order valence-corrected chi connectivity index (χ1v) is 8.04. The van der Waals surface area contributed by atoms with Crippen molar-refractivity contribution in [2.75, 3.05) is 33.3 Å². The first-order chi connectivity index (χ1) is 11.7. The van der Waals surface area contributed by atoms with E-state index in [1.165, 1.54) is 0 Å². The van der Waals surface area contributed by atoms with Gasteiger partial charge in [-0.05, 0) is 17.7 Å². The normalized spacial score (nSPS) is 15.7. The first kappa shape index (κ1) is 16.6. The van der Waals surface area contributed by atoms with Gasteiger partial charge in [0.15, 0.2) is 5.82 Å². The Morgan fingerprint density at radius 1 is 1.29 bits per heavy atom. The summed E-state index contributed by atoms with van der Waals surface area (Å²) >= 11 is 0. The highest BCUT2D eigenvalue weighted by Crippen LogP contribution is 2.13. The molecule has 0 atom stereocenters. The van der Waals surface area contributed by atoms with Crippen molar-refractivity contribution in [3.63, 3.8) is 0 Å². The molecular weight excluding hydrogens is 308 g/mol. The lowest BCUT2D eigenvalue weighted by Crippen LogP contribution is -2.48. The fourth-order valence-electron chi connectivity index (χ4n) is 2.86. The van der Waals surface area contributed by atoms with Crippen molar-refractivity contribution in [2.45, 2.75) is 20.1 Å². The molecular formula is C17H22N4O3. The van der Waals surface area contributed by atoms with E-state index < -0.39 is 0 Å². The summed E-state index contributed by atoms with van der Waals surface area (Å²) in [5.41, 5.74) is 1.72. The number of ether oxygens (including phenoxy) is 1. The fourth-order valence-corrected chi connectivity index (χ4v) is 2.86. The monoisotopic (exact) mass is 330 g/mol. The highest BCUT2D eigenvalue weighted by molar-refractivity contribution is 5.94. The summed E-state index contributed by atoms with van der Waals surface area (Å²) in [5, 5.41) is 3.92. The molecule has 1 aliphatic rings. The fraction of sp³-hybridized carbons (Fsp3) is 0.471. The Morgan fingerprint density at radius 2 is 2.08 bits per heavy atom. The van der Waals surface area contributed by atoms with Crippen molar-refractivity contribution >= 4 is 5.91 Å². The third kappa shape index (κ3) is 3.98. The zero-order valence-electron chi connectivity index (χ0n) is 14.1. The van der Waals surface area contributed by atoms with Crippen LogP contribution in [0.25, 0.3) is 0 Å². The molecule has 1 saturated heterocycles. The maximum Gasteiger partial charge on any atom is 0.253 e. The van der Waals surface area contributed by atoms with Crippen molar-refractivity contribution in [1.82, 2.24) is 19.9 Å². The number of carbonyl (C=O) groups is 1. The average molecular weight is 330 g/mol. The number of piperazine rings is 1. The molecule has 0 bridgehead atoms. The van der Waals surface area contributed by atoms with E-state index in [0.29, 0.717) is 43.5 Å². The van der Waals surface area contributed by atoms with Crippen molar-refractivity contribution in [2.24, 2.45) is 0 Å². The molecule has 0 aliphatic carbocycles. The topological polar surface area (TPSA) is 71.7 Å². The minimum Gasteiger partial charge on any atom is -0.380 e. The second-order valence-electron chi connectivity index (χ2n) is 5.93. The molecule has 128 valence electrons. The zero-order chi connectivity index (χ0) is 16.9. The van der Waals surface area contributed by atoms with E-state index >= 15 is 0 Å². The van der Waals surface area contributed by atoms with E-state index in [9.17, 15) is 4.79 Å². The second-order valence-corrected chi connectivity index (χ2v) is 5.93. The van der Waals surface area contributed by atoms with Gasteiger partial charge in [-0.25, -0.2) is 0 Å². The van der Waals surface area contributed by atoms with Gasteiger partial charge in [0.2, 0.25) is 5.89 Å². The molecule has 24 heavy (non-hydrogen) atoms. The van der Waals surface area contributed by atoms with Crippen molar-refractivity contribution < 1.29 is 14.1 Å². The van der Waals surface area contributed by atoms with Gasteiger partial charge in [0, 0.05) is 45.8 Å². The number of hydrogen-bond acceptors (Lipinski definition) is 6. The van der Waals surface area contributed by atoms with Gasteiger partial charge in [0.25, 0.3) is 5.91 Å². The van der Waals surface area contributed by atoms with E-state index in [2.05, 4.69) is 15.0 Å². The largest absolute Gasteiger partial charge is 0.380 e. The lowest BCUT2D eigenvalue weighted by molar-refractivity contribution is 0.0624. The molecule has 2 heterocycles. The molecule has 7 nitrogen and oxygen atoms in total. The molecule has 1 fully saturated rings. The van der Waals surface area contributed by atoms with Gasteiger partial charge in [-0.1, -0.05) is 17.3 Å². The molecule has 7 heteroatoms. The van der Waals surface area contributed by atoms with Gasteiger partial charge in [0.1, 0.15) is 0 Å². The Hall–Kier alpha value is -2.25. The van der Waals surface area contributed by atoms with Crippen LogP contribution >= 0.6 is 0 Å². The first-order valence-electron chi connectivity index (χ1n) is 8.04. The number of aryl methyl sites for hydroxylation is 1. The van der Waals surface area contributed by atoms with Gasteiger partial charge < -0.3 is 14.2 Å². The Morgan fingerprint density at radius 3 is 2.75 bits per heavy atom. The van der Waals surface area contributed by atoms with Gasteiger partial charge in [-0.15, -0.1) is 0 Å². The minimum absolute atomic E-state index is 0.0722. The third-order valence-corrected chi connectivity index (χ3v) is 4.08. The van der Waals surface area contributed by atoms with E-state index in [1.54, 1.807) is 14.0 Å². The van der Waals surface area contributed by atoms with E-state index in [1.807, 2.05) is 29.2 Å². The van der Waals surface area contributed by atoms with Crippen molar-refractivity contribution in [3.05, 3.63) is 47.1 Å². The Labute approximate surface area is 141 Å². The number of amides is 1. The molecule has 0 spiro atoms. The molecule has 0 saturated carbocycles. The van der Waals surface area contributed by atoms with Crippen LogP contribution < -0.4 is 0 Å². The summed E-state index contributed by atoms with van der Waals surface area (Å²) in [5.74, 6) is 1.34.